The van der Waals surface area contributed by atoms with E-state index in [1.54, 1.807) is 14.2 Å². The molecule has 8 nitrogen and oxygen atoms in total. The second-order valence-electron chi connectivity index (χ2n) is 5.60. The van der Waals surface area contributed by atoms with E-state index in [2.05, 4.69) is 0 Å². The first-order valence-corrected chi connectivity index (χ1v) is 9.04. The summed E-state index contributed by atoms with van der Waals surface area (Å²) in [6.45, 7) is 0. The smallest absolute Gasteiger partial charge is 0.267 e. The average Bonchev–Trinajstić information content (AvgIpc) is 2.92. The first-order valence-electron chi connectivity index (χ1n) is 7.67. The molecule has 0 radical (unpaired) electrons. The van der Waals surface area contributed by atoms with Crippen molar-refractivity contribution in [3.63, 3.8) is 0 Å². The number of methoxy groups -OCH3 is 2. The predicted molar refractivity (Wildman–Crippen MR) is 94.3 cm³/mol. The van der Waals surface area contributed by atoms with E-state index in [9.17, 15) is 4.79 Å². The molecule has 0 saturated carbocycles. The minimum Gasteiger partial charge on any atom is -0.726 e. The average molecular weight is 389 g/mol. The molecule has 27 heavy (non-hydrogen) atoms. The van der Waals surface area contributed by atoms with Gasteiger partial charge in [-0.05, 0) is 23.6 Å². The van der Waals surface area contributed by atoms with Crippen LogP contribution in [-0.2, 0) is 10.4 Å². The number of ether oxygens (including phenoxy) is 2. The summed E-state index contributed by atoms with van der Waals surface area (Å²) >= 11 is 0. The topological polar surface area (TPSA) is 117 Å². The molecule has 1 aliphatic heterocycles. The minimum atomic E-state index is -4.92. The van der Waals surface area contributed by atoms with Gasteiger partial charge in [-0.25, -0.2) is 8.42 Å². The summed E-state index contributed by atoms with van der Waals surface area (Å²) in [7, 11) is -1.72. The Kier molecular flexibility index (Phi) is 4.83. The van der Waals surface area contributed by atoms with E-state index in [4.69, 9.17) is 27.0 Å². The molecule has 2 heterocycles. The Bertz CT molecular complexity index is 1150. The number of rotatable bonds is 2. The van der Waals surface area contributed by atoms with Crippen molar-refractivity contribution in [3.05, 3.63) is 59.9 Å². The van der Waals surface area contributed by atoms with Gasteiger partial charge >= 0.3 is 0 Å². The molecule has 1 aliphatic rings. The molecule has 0 saturated heterocycles. The summed E-state index contributed by atoms with van der Waals surface area (Å²) in [4.78, 5) is 12.8. The molecule has 9 heteroatoms. The number of pyridine rings is 1. The first-order chi connectivity index (χ1) is 12.7. The van der Waals surface area contributed by atoms with E-state index >= 15 is 0 Å². The molecule has 0 atom stereocenters. The van der Waals surface area contributed by atoms with Gasteiger partial charge in [0.05, 0.1) is 19.6 Å². The van der Waals surface area contributed by atoms with Crippen LogP contribution >= 0.6 is 0 Å². The van der Waals surface area contributed by atoms with E-state index in [0.717, 1.165) is 22.0 Å². The molecular weight excluding hydrogens is 374 g/mol. The van der Waals surface area contributed by atoms with Crippen LogP contribution in [0.2, 0.25) is 0 Å². The summed E-state index contributed by atoms with van der Waals surface area (Å²) in [6, 6.07) is 13.4. The summed E-state index contributed by atoms with van der Waals surface area (Å²) in [6.07, 6.45) is 1.92. The fraction of sp³-hybridized carbons (Fsp3) is 0.111. The van der Waals surface area contributed by atoms with Crippen LogP contribution in [0.5, 0.6) is 11.5 Å². The fourth-order valence-electron chi connectivity index (χ4n) is 3.03. The van der Waals surface area contributed by atoms with Crippen molar-refractivity contribution >= 4 is 27.0 Å². The summed E-state index contributed by atoms with van der Waals surface area (Å²) in [5, 5.41) is 1.81. The van der Waals surface area contributed by atoms with Crippen LogP contribution in [0.1, 0.15) is 16.1 Å². The zero-order valence-corrected chi connectivity index (χ0v) is 15.2. The fourth-order valence-corrected chi connectivity index (χ4v) is 3.03. The maximum atomic E-state index is 12.8. The molecule has 0 fully saturated rings. The number of nitrogens with zero attached hydrogens (tertiary/aromatic N) is 1. The van der Waals surface area contributed by atoms with Gasteiger partial charge in [0.2, 0.25) is 16.1 Å². The minimum absolute atomic E-state index is 0.0356. The van der Waals surface area contributed by atoms with Crippen LogP contribution in [0.3, 0.4) is 0 Å². The number of aromatic nitrogens is 1. The second-order valence-corrected chi connectivity index (χ2v) is 6.46. The lowest BCUT2D eigenvalue weighted by Crippen LogP contribution is -2.31. The van der Waals surface area contributed by atoms with Gasteiger partial charge in [0.15, 0.2) is 17.7 Å². The second kappa shape index (κ2) is 6.95. The quantitative estimate of drug-likeness (QED) is 0.315. The number of para-hydroxylation sites is 1. The number of carbonyl (C=O) groups is 1. The van der Waals surface area contributed by atoms with Crippen molar-refractivity contribution in [2.45, 2.75) is 0 Å². The Labute approximate surface area is 155 Å². The maximum absolute atomic E-state index is 12.8. The Hall–Kier alpha value is -3.01. The van der Waals surface area contributed by atoms with Crippen molar-refractivity contribution in [2.24, 2.45) is 0 Å². The molecule has 4 rings (SSSR count). The molecular formula is C18H15NO7S. The molecule has 0 bridgehead atoms. The highest BCUT2D eigenvalue weighted by atomic mass is 32.3. The molecule has 0 amide bonds. The SMILES string of the molecule is COc1cc2cc[n+]3c(c2cc1OC)C(=O)c1ccccc1-3.O=S(=O)([O-])O. The van der Waals surface area contributed by atoms with E-state index < -0.39 is 10.4 Å². The number of ketones is 1. The first kappa shape index (κ1) is 18.8. The molecule has 1 aromatic heterocycles. The molecule has 0 aliphatic carbocycles. The monoisotopic (exact) mass is 389 g/mol. The number of carbonyl (C=O) groups excluding carboxylic acids is 1. The van der Waals surface area contributed by atoms with Crippen molar-refractivity contribution < 1.29 is 36.4 Å². The summed E-state index contributed by atoms with van der Waals surface area (Å²) in [5.41, 5.74) is 2.31. The van der Waals surface area contributed by atoms with Gasteiger partial charge in [0.25, 0.3) is 11.5 Å². The number of fused-ring (bicyclic) bond motifs is 5. The Morgan fingerprint density at radius 3 is 2.26 bits per heavy atom. The number of benzene rings is 2. The highest BCUT2D eigenvalue weighted by Crippen LogP contribution is 2.35. The highest BCUT2D eigenvalue weighted by molar-refractivity contribution is 7.79. The molecule has 0 spiro atoms. The van der Waals surface area contributed by atoms with Gasteiger partial charge in [-0.3, -0.25) is 9.35 Å². The number of hydrogen-bond acceptors (Lipinski definition) is 6. The van der Waals surface area contributed by atoms with E-state index in [-0.39, 0.29) is 5.78 Å². The third kappa shape index (κ3) is 3.61. The third-order valence-corrected chi connectivity index (χ3v) is 4.08. The lowest BCUT2D eigenvalue weighted by molar-refractivity contribution is -0.592. The van der Waals surface area contributed by atoms with Gasteiger partial charge < -0.3 is 14.0 Å². The zero-order chi connectivity index (χ0) is 19.8. The van der Waals surface area contributed by atoms with Crippen molar-refractivity contribution in [3.8, 4) is 17.2 Å². The van der Waals surface area contributed by atoms with Crippen LogP contribution in [-0.4, -0.2) is 37.5 Å². The molecule has 2 aromatic carbocycles. The van der Waals surface area contributed by atoms with Crippen LogP contribution in [0.4, 0.5) is 0 Å². The van der Waals surface area contributed by atoms with E-state index in [1.165, 1.54) is 0 Å². The largest absolute Gasteiger partial charge is 0.726 e. The van der Waals surface area contributed by atoms with Crippen molar-refractivity contribution in [2.75, 3.05) is 14.2 Å². The van der Waals surface area contributed by atoms with Crippen molar-refractivity contribution in [1.29, 1.82) is 0 Å². The molecule has 1 N–H and O–H groups in total. The van der Waals surface area contributed by atoms with Gasteiger partial charge in [-0.2, -0.15) is 4.57 Å². The van der Waals surface area contributed by atoms with Crippen LogP contribution in [0.25, 0.3) is 16.5 Å². The molecule has 140 valence electrons. The Morgan fingerprint density at radius 1 is 1.04 bits per heavy atom. The standard InChI is InChI=1S/C18H14NO3.H2O4S/c1-21-15-9-11-7-8-19-14-6-4-3-5-12(14)18(20)17(19)13(11)10-16(15)22-2;1-5(2,3)4/h3-10H,1-2H3;(H2,1,2,3,4)/q+1;/p-1. The van der Waals surface area contributed by atoms with Crippen LogP contribution in [0, 0.1) is 0 Å². The Morgan fingerprint density at radius 2 is 1.63 bits per heavy atom. The summed E-state index contributed by atoms with van der Waals surface area (Å²) in [5.74, 6) is 1.31. The van der Waals surface area contributed by atoms with E-state index in [1.807, 2.05) is 53.2 Å². The normalized spacial score (nSPS) is 12.1. The molecule has 3 aromatic rings. The van der Waals surface area contributed by atoms with Gasteiger partial charge in [0, 0.05) is 12.1 Å². The highest BCUT2D eigenvalue weighted by Gasteiger charge is 2.37. The van der Waals surface area contributed by atoms with E-state index in [0.29, 0.717) is 17.2 Å². The van der Waals surface area contributed by atoms with Crippen LogP contribution < -0.4 is 14.0 Å². The molecule has 0 unspecified atom stereocenters. The van der Waals surface area contributed by atoms with Gasteiger partial charge in [-0.15, -0.1) is 0 Å². The zero-order valence-electron chi connectivity index (χ0n) is 14.4. The lowest BCUT2D eigenvalue weighted by Gasteiger charge is -2.09. The van der Waals surface area contributed by atoms with Gasteiger partial charge in [0.1, 0.15) is 5.56 Å². The maximum Gasteiger partial charge on any atom is 0.267 e. The van der Waals surface area contributed by atoms with Gasteiger partial charge in [-0.1, -0.05) is 12.1 Å². The predicted octanol–water partition coefficient (Wildman–Crippen LogP) is 1.68. The third-order valence-electron chi connectivity index (χ3n) is 4.08. The van der Waals surface area contributed by atoms with Crippen LogP contribution in [0.15, 0.2) is 48.7 Å². The number of hydrogen-bond donors (Lipinski definition) is 1. The summed E-state index contributed by atoms with van der Waals surface area (Å²) < 4.78 is 45.5. The van der Waals surface area contributed by atoms with Crippen molar-refractivity contribution in [1.82, 2.24) is 0 Å². The lowest BCUT2D eigenvalue weighted by atomic mass is 10.0. The Balaban J connectivity index is 0.000000376.